The molecule has 1 fully saturated rings. The highest BCUT2D eigenvalue weighted by Crippen LogP contribution is 2.28. The number of carbonyl (C=O) groups is 2. The molecule has 1 rings (SSSR count). The van der Waals surface area contributed by atoms with E-state index in [0.717, 1.165) is 0 Å². The van der Waals surface area contributed by atoms with Gasteiger partial charge in [-0.2, -0.15) is 0 Å². The van der Waals surface area contributed by atoms with Crippen molar-refractivity contribution in [3.63, 3.8) is 0 Å². The lowest BCUT2D eigenvalue weighted by atomic mass is 10.2. The van der Waals surface area contributed by atoms with Crippen LogP contribution in [0.2, 0.25) is 0 Å². The lowest BCUT2D eigenvalue weighted by Gasteiger charge is -2.33. The SMILES string of the molecule is COC(=O)C#C[C@H]1COC(C)(C)N1C(=O)OC(C)(C)C. The number of methoxy groups -OCH3 is 1. The summed E-state index contributed by atoms with van der Waals surface area (Å²) in [7, 11) is 1.25. The van der Waals surface area contributed by atoms with E-state index in [1.807, 2.05) is 0 Å². The molecule has 0 bridgehead atoms. The molecule has 1 aliphatic heterocycles. The van der Waals surface area contributed by atoms with E-state index < -0.39 is 29.4 Å². The summed E-state index contributed by atoms with van der Waals surface area (Å²) in [6.07, 6.45) is -0.524. The van der Waals surface area contributed by atoms with E-state index in [4.69, 9.17) is 9.47 Å². The molecule has 0 aromatic rings. The standard InChI is InChI=1S/C14H21NO5/c1-13(2,3)20-12(17)15-10(7-8-11(16)18-6)9-19-14(15,4)5/h10H,9H2,1-6H3/t10-/m0/s1. The molecular formula is C14H21NO5. The fourth-order valence-electron chi connectivity index (χ4n) is 1.76. The minimum absolute atomic E-state index is 0.218. The van der Waals surface area contributed by atoms with Gasteiger partial charge in [0.05, 0.1) is 13.7 Å². The summed E-state index contributed by atoms with van der Waals surface area (Å²) in [5.74, 6) is 4.35. The zero-order valence-electron chi connectivity index (χ0n) is 12.8. The van der Waals surface area contributed by atoms with E-state index in [1.165, 1.54) is 12.0 Å². The molecule has 112 valence electrons. The van der Waals surface area contributed by atoms with Crippen molar-refractivity contribution in [2.24, 2.45) is 0 Å². The molecule has 20 heavy (non-hydrogen) atoms. The third kappa shape index (κ3) is 4.14. The Bertz CT molecular complexity index is 452. The van der Waals surface area contributed by atoms with Crippen molar-refractivity contribution in [1.82, 2.24) is 4.90 Å². The minimum atomic E-state index is -0.836. The zero-order valence-corrected chi connectivity index (χ0v) is 12.8. The predicted molar refractivity (Wildman–Crippen MR) is 71.7 cm³/mol. The van der Waals surface area contributed by atoms with Crippen LogP contribution in [-0.2, 0) is 19.0 Å². The molecule has 0 aromatic carbocycles. The van der Waals surface area contributed by atoms with Crippen LogP contribution in [0.25, 0.3) is 0 Å². The highest BCUT2D eigenvalue weighted by molar-refractivity contribution is 5.88. The Labute approximate surface area is 119 Å². The second-order valence-electron chi connectivity index (χ2n) is 5.88. The third-order valence-corrected chi connectivity index (χ3v) is 2.60. The van der Waals surface area contributed by atoms with Crippen LogP contribution in [0, 0.1) is 11.8 Å². The molecule has 0 spiro atoms. The second-order valence-corrected chi connectivity index (χ2v) is 5.88. The molecular weight excluding hydrogens is 262 g/mol. The molecule has 0 aromatic heterocycles. The van der Waals surface area contributed by atoms with Gasteiger partial charge in [0.25, 0.3) is 0 Å². The van der Waals surface area contributed by atoms with Crippen LogP contribution in [0.4, 0.5) is 4.79 Å². The van der Waals surface area contributed by atoms with Gasteiger partial charge in [-0.15, -0.1) is 0 Å². The van der Waals surface area contributed by atoms with E-state index >= 15 is 0 Å². The topological polar surface area (TPSA) is 65.1 Å². The molecule has 6 heteroatoms. The molecule has 1 heterocycles. The third-order valence-electron chi connectivity index (χ3n) is 2.60. The summed E-state index contributed by atoms with van der Waals surface area (Å²) in [4.78, 5) is 24.7. The summed E-state index contributed by atoms with van der Waals surface area (Å²) < 4.78 is 15.3. The first-order valence-corrected chi connectivity index (χ1v) is 6.32. The fourth-order valence-corrected chi connectivity index (χ4v) is 1.76. The van der Waals surface area contributed by atoms with Gasteiger partial charge >= 0.3 is 12.1 Å². The zero-order chi connectivity index (χ0) is 15.6. The minimum Gasteiger partial charge on any atom is -0.459 e. The molecule has 1 amide bonds. The van der Waals surface area contributed by atoms with Crippen molar-refractivity contribution in [3.05, 3.63) is 0 Å². The Morgan fingerprint density at radius 2 is 1.95 bits per heavy atom. The van der Waals surface area contributed by atoms with Crippen molar-refractivity contribution in [1.29, 1.82) is 0 Å². The number of amides is 1. The first-order valence-electron chi connectivity index (χ1n) is 6.32. The van der Waals surface area contributed by atoms with Gasteiger partial charge in [-0.05, 0) is 34.6 Å². The lowest BCUT2D eigenvalue weighted by molar-refractivity contribution is -0.133. The molecule has 0 saturated carbocycles. The van der Waals surface area contributed by atoms with Crippen molar-refractivity contribution in [2.75, 3.05) is 13.7 Å². The van der Waals surface area contributed by atoms with Crippen LogP contribution in [-0.4, -0.2) is 48.0 Å². The van der Waals surface area contributed by atoms with Gasteiger partial charge < -0.3 is 14.2 Å². The first-order chi connectivity index (χ1) is 9.07. The van der Waals surface area contributed by atoms with Gasteiger partial charge in [0.15, 0.2) is 0 Å². The fraction of sp³-hybridized carbons (Fsp3) is 0.714. The van der Waals surface area contributed by atoms with E-state index in [-0.39, 0.29) is 6.61 Å². The van der Waals surface area contributed by atoms with Crippen molar-refractivity contribution in [3.8, 4) is 11.8 Å². The summed E-state index contributed by atoms with van der Waals surface area (Å²) in [5.41, 5.74) is -1.45. The number of nitrogens with zero attached hydrogens (tertiary/aromatic N) is 1. The number of hydrogen-bond donors (Lipinski definition) is 0. The number of rotatable bonds is 0. The van der Waals surface area contributed by atoms with Crippen molar-refractivity contribution < 1.29 is 23.8 Å². The van der Waals surface area contributed by atoms with Crippen LogP contribution in [0.1, 0.15) is 34.6 Å². The summed E-state index contributed by atoms with van der Waals surface area (Å²) in [5, 5.41) is 0. The van der Waals surface area contributed by atoms with Gasteiger partial charge in [-0.25, -0.2) is 9.59 Å². The Balaban J connectivity index is 2.93. The van der Waals surface area contributed by atoms with E-state index in [2.05, 4.69) is 16.6 Å². The first kappa shape index (κ1) is 16.3. The van der Waals surface area contributed by atoms with E-state index in [9.17, 15) is 9.59 Å². The smallest absolute Gasteiger partial charge is 0.413 e. The number of carbonyl (C=O) groups excluding carboxylic acids is 2. The maximum Gasteiger partial charge on any atom is 0.413 e. The summed E-state index contributed by atoms with van der Waals surface area (Å²) in [6, 6.07) is -0.543. The normalized spacial score (nSPS) is 20.9. The highest BCUT2D eigenvalue weighted by Gasteiger charge is 2.45. The summed E-state index contributed by atoms with van der Waals surface area (Å²) in [6.45, 7) is 9.06. The van der Waals surface area contributed by atoms with Crippen LogP contribution >= 0.6 is 0 Å². The van der Waals surface area contributed by atoms with E-state index in [1.54, 1.807) is 34.6 Å². The quantitative estimate of drug-likeness (QED) is 0.383. The number of ether oxygens (including phenoxy) is 3. The van der Waals surface area contributed by atoms with Gasteiger partial charge in [0.1, 0.15) is 17.4 Å². The molecule has 1 saturated heterocycles. The maximum atomic E-state index is 12.2. The van der Waals surface area contributed by atoms with Crippen LogP contribution in [0.3, 0.4) is 0 Å². The maximum absolute atomic E-state index is 12.2. The van der Waals surface area contributed by atoms with Gasteiger partial charge in [-0.1, -0.05) is 5.92 Å². The molecule has 0 aliphatic carbocycles. The molecule has 1 aliphatic rings. The van der Waals surface area contributed by atoms with Gasteiger partial charge in [-0.3, -0.25) is 4.90 Å². The Hall–Kier alpha value is -1.74. The molecule has 0 unspecified atom stereocenters. The predicted octanol–water partition coefficient (Wildman–Crippen LogP) is 1.53. The van der Waals surface area contributed by atoms with Crippen LogP contribution in [0.15, 0.2) is 0 Å². The Morgan fingerprint density at radius 3 is 2.45 bits per heavy atom. The largest absolute Gasteiger partial charge is 0.459 e. The van der Waals surface area contributed by atoms with Crippen LogP contribution in [0.5, 0.6) is 0 Å². The molecule has 6 nitrogen and oxygen atoms in total. The van der Waals surface area contributed by atoms with Gasteiger partial charge in [0.2, 0.25) is 0 Å². The van der Waals surface area contributed by atoms with Gasteiger partial charge in [0, 0.05) is 5.92 Å². The molecule has 1 atom stereocenters. The monoisotopic (exact) mass is 283 g/mol. The average molecular weight is 283 g/mol. The number of esters is 1. The van der Waals surface area contributed by atoms with Crippen LogP contribution < -0.4 is 0 Å². The second kappa shape index (κ2) is 5.71. The van der Waals surface area contributed by atoms with Crippen molar-refractivity contribution in [2.45, 2.75) is 52.0 Å². The Kier molecular flexibility index (Phi) is 4.66. The number of hydrogen-bond acceptors (Lipinski definition) is 5. The molecule has 0 N–H and O–H groups in total. The summed E-state index contributed by atoms with van der Waals surface area (Å²) >= 11 is 0. The average Bonchev–Trinajstić information content (AvgIpc) is 2.59. The van der Waals surface area contributed by atoms with Crippen molar-refractivity contribution >= 4 is 12.1 Å². The Morgan fingerprint density at radius 1 is 1.35 bits per heavy atom. The molecule has 0 radical (unpaired) electrons. The lowest BCUT2D eigenvalue weighted by Crippen LogP contribution is -2.49. The highest BCUT2D eigenvalue weighted by atomic mass is 16.6. The van der Waals surface area contributed by atoms with E-state index in [0.29, 0.717) is 0 Å².